The number of hydrazine groups is 1. The highest BCUT2D eigenvalue weighted by molar-refractivity contribution is 5.31. The first-order valence-corrected chi connectivity index (χ1v) is 5.20. The minimum absolute atomic E-state index is 0.306. The van der Waals surface area contributed by atoms with Crippen molar-refractivity contribution in [3.8, 4) is 0 Å². The number of rotatable bonds is 3. The van der Waals surface area contributed by atoms with Crippen molar-refractivity contribution < 1.29 is 4.39 Å². The number of nitrogens with two attached hydrogens (primary N) is 1. The number of aryl methyl sites for hydroxylation is 2. The van der Waals surface area contributed by atoms with E-state index in [1.165, 1.54) is 6.07 Å². The maximum absolute atomic E-state index is 13.8. The van der Waals surface area contributed by atoms with Gasteiger partial charge in [-0.25, -0.2) is 9.82 Å². The summed E-state index contributed by atoms with van der Waals surface area (Å²) in [4.78, 5) is 0. The third kappa shape index (κ3) is 2.17. The van der Waals surface area contributed by atoms with Crippen LogP contribution in [0.25, 0.3) is 0 Å². The van der Waals surface area contributed by atoms with Crippen molar-refractivity contribution in [2.45, 2.75) is 13.0 Å². The smallest absolute Gasteiger partial charge is 0.128 e. The highest BCUT2D eigenvalue weighted by Gasteiger charge is 2.20. The van der Waals surface area contributed by atoms with E-state index in [-0.39, 0.29) is 5.82 Å². The van der Waals surface area contributed by atoms with Gasteiger partial charge in [0.05, 0.1) is 17.9 Å². The van der Waals surface area contributed by atoms with Crippen LogP contribution in [0.3, 0.4) is 0 Å². The van der Waals surface area contributed by atoms with E-state index in [1.807, 2.05) is 6.92 Å². The third-order valence-electron chi connectivity index (χ3n) is 2.67. The topological polar surface area (TPSA) is 68.8 Å². The van der Waals surface area contributed by atoms with Gasteiger partial charge < -0.3 is 0 Å². The molecule has 0 saturated heterocycles. The van der Waals surface area contributed by atoms with Crippen LogP contribution in [0.15, 0.2) is 24.4 Å². The fraction of sp³-hybridized carbons (Fsp3) is 0.273. The van der Waals surface area contributed by atoms with Crippen molar-refractivity contribution in [3.05, 3.63) is 47.0 Å². The van der Waals surface area contributed by atoms with Gasteiger partial charge in [-0.1, -0.05) is 22.9 Å². The molecular weight excluding hydrogens is 221 g/mol. The molecule has 0 aliphatic carbocycles. The number of aromatic nitrogens is 3. The van der Waals surface area contributed by atoms with E-state index in [0.29, 0.717) is 11.3 Å². The normalized spacial score (nSPS) is 12.7. The number of nitrogens with zero attached hydrogens (tertiary/aromatic N) is 3. The highest BCUT2D eigenvalue weighted by Crippen LogP contribution is 2.23. The predicted octanol–water partition coefficient (Wildman–Crippen LogP) is 0.815. The van der Waals surface area contributed by atoms with Crippen LogP contribution in [0.5, 0.6) is 0 Å². The van der Waals surface area contributed by atoms with Gasteiger partial charge in [-0.2, -0.15) is 0 Å². The molecule has 1 heterocycles. The molecule has 1 aromatic heterocycles. The van der Waals surface area contributed by atoms with Gasteiger partial charge in [0.15, 0.2) is 0 Å². The number of halogens is 1. The molecule has 0 spiro atoms. The van der Waals surface area contributed by atoms with Crippen molar-refractivity contribution in [1.29, 1.82) is 0 Å². The van der Waals surface area contributed by atoms with E-state index in [2.05, 4.69) is 15.7 Å². The lowest BCUT2D eigenvalue weighted by Gasteiger charge is -2.17. The highest BCUT2D eigenvalue weighted by atomic mass is 19.1. The van der Waals surface area contributed by atoms with Crippen molar-refractivity contribution in [3.63, 3.8) is 0 Å². The monoisotopic (exact) mass is 235 g/mol. The van der Waals surface area contributed by atoms with E-state index >= 15 is 0 Å². The minimum atomic E-state index is -0.463. The van der Waals surface area contributed by atoms with Gasteiger partial charge >= 0.3 is 0 Å². The van der Waals surface area contributed by atoms with E-state index < -0.39 is 6.04 Å². The van der Waals surface area contributed by atoms with Crippen molar-refractivity contribution in [1.82, 2.24) is 20.4 Å². The Hall–Kier alpha value is -1.79. The van der Waals surface area contributed by atoms with Gasteiger partial charge in [0.25, 0.3) is 0 Å². The van der Waals surface area contributed by atoms with E-state index in [4.69, 9.17) is 5.84 Å². The van der Waals surface area contributed by atoms with Crippen LogP contribution < -0.4 is 11.3 Å². The summed E-state index contributed by atoms with van der Waals surface area (Å²) in [5.74, 6) is 5.19. The lowest BCUT2D eigenvalue weighted by atomic mass is 10.0. The molecule has 0 aliphatic heterocycles. The molecular formula is C11H14FN5. The predicted molar refractivity (Wildman–Crippen MR) is 61.3 cm³/mol. The summed E-state index contributed by atoms with van der Waals surface area (Å²) in [7, 11) is 1.74. The molecule has 1 unspecified atom stereocenters. The van der Waals surface area contributed by atoms with Gasteiger partial charge in [-0.05, 0) is 13.0 Å². The lowest BCUT2D eigenvalue weighted by Crippen LogP contribution is -2.31. The zero-order valence-corrected chi connectivity index (χ0v) is 9.68. The van der Waals surface area contributed by atoms with Gasteiger partial charge in [-0.15, -0.1) is 5.10 Å². The number of nitrogens with one attached hydrogen (secondary N) is 1. The summed E-state index contributed by atoms with van der Waals surface area (Å²) in [5.41, 5.74) is 4.75. The Kier molecular flexibility index (Phi) is 3.16. The molecule has 0 amide bonds. The molecule has 1 aromatic carbocycles. The Morgan fingerprint density at radius 3 is 2.82 bits per heavy atom. The maximum Gasteiger partial charge on any atom is 0.128 e. The quantitative estimate of drug-likeness (QED) is 0.610. The van der Waals surface area contributed by atoms with Crippen LogP contribution in [0.2, 0.25) is 0 Å². The fourth-order valence-corrected chi connectivity index (χ4v) is 1.78. The van der Waals surface area contributed by atoms with Crippen LogP contribution in [0.4, 0.5) is 4.39 Å². The molecule has 90 valence electrons. The van der Waals surface area contributed by atoms with Crippen LogP contribution in [-0.4, -0.2) is 15.0 Å². The second-order valence-electron chi connectivity index (χ2n) is 3.91. The largest absolute Gasteiger partial charge is 0.271 e. The Labute approximate surface area is 98.4 Å². The average molecular weight is 235 g/mol. The van der Waals surface area contributed by atoms with E-state index in [0.717, 1.165) is 5.56 Å². The Bertz CT molecular complexity index is 522. The van der Waals surface area contributed by atoms with Crippen molar-refractivity contribution >= 4 is 0 Å². The Morgan fingerprint density at radius 1 is 1.47 bits per heavy atom. The molecule has 0 radical (unpaired) electrons. The van der Waals surface area contributed by atoms with Crippen LogP contribution in [0.1, 0.15) is 22.9 Å². The standard InChI is InChI=1S/C11H14FN5/c1-7-3-4-9(12)8(5-7)11(15-13)10-6-14-16-17(10)2/h3-6,11,15H,13H2,1-2H3. The maximum atomic E-state index is 13.8. The summed E-state index contributed by atoms with van der Waals surface area (Å²) in [5, 5.41) is 7.57. The lowest BCUT2D eigenvalue weighted by molar-refractivity contribution is 0.530. The fourth-order valence-electron chi connectivity index (χ4n) is 1.78. The second-order valence-corrected chi connectivity index (χ2v) is 3.91. The van der Waals surface area contributed by atoms with Gasteiger partial charge in [-0.3, -0.25) is 10.5 Å². The summed E-state index contributed by atoms with van der Waals surface area (Å²) in [6, 6.07) is 4.44. The van der Waals surface area contributed by atoms with Gasteiger partial charge in [0.2, 0.25) is 0 Å². The van der Waals surface area contributed by atoms with Crippen LogP contribution >= 0.6 is 0 Å². The zero-order valence-electron chi connectivity index (χ0n) is 9.68. The molecule has 2 aromatic rings. The molecule has 0 bridgehead atoms. The number of hydrogen-bond donors (Lipinski definition) is 2. The number of hydrogen-bond acceptors (Lipinski definition) is 4. The van der Waals surface area contributed by atoms with E-state index in [1.54, 1.807) is 30.1 Å². The first-order valence-electron chi connectivity index (χ1n) is 5.20. The minimum Gasteiger partial charge on any atom is -0.271 e. The van der Waals surface area contributed by atoms with Crippen molar-refractivity contribution in [2.75, 3.05) is 0 Å². The van der Waals surface area contributed by atoms with Gasteiger partial charge in [0.1, 0.15) is 5.82 Å². The van der Waals surface area contributed by atoms with Gasteiger partial charge in [0, 0.05) is 12.6 Å². The number of benzene rings is 1. The average Bonchev–Trinajstić information content (AvgIpc) is 2.71. The molecule has 0 fully saturated rings. The molecule has 1 atom stereocenters. The van der Waals surface area contributed by atoms with Crippen LogP contribution in [0, 0.1) is 12.7 Å². The molecule has 0 saturated carbocycles. The first-order chi connectivity index (χ1) is 8.13. The summed E-state index contributed by atoms with van der Waals surface area (Å²) >= 11 is 0. The van der Waals surface area contributed by atoms with Crippen molar-refractivity contribution in [2.24, 2.45) is 12.9 Å². The zero-order chi connectivity index (χ0) is 12.4. The molecule has 3 N–H and O–H groups in total. The molecule has 6 heteroatoms. The summed E-state index contributed by atoms with van der Waals surface area (Å²) in [6.45, 7) is 1.90. The second kappa shape index (κ2) is 4.60. The third-order valence-corrected chi connectivity index (χ3v) is 2.67. The molecule has 5 nitrogen and oxygen atoms in total. The van der Waals surface area contributed by atoms with Crippen LogP contribution in [-0.2, 0) is 7.05 Å². The molecule has 0 aliphatic rings. The Balaban J connectivity index is 2.49. The summed E-state index contributed by atoms with van der Waals surface area (Å²) < 4.78 is 15.3. The first kappa shape index (κ1) is 11.7. The van der Waals surface area contributed by atoms with E-state index in [9.17, 15) is 4.39 Å². The summed E-state index contributed by atoms with van der Waals surface area (Å²) in [6.07, 6.45) is 1.56. The Morgan fingerprint density at radius 2 is 2.24 bits per heavy atom. The molecule has 17 heavy (non-hydrogen) atoms. The SMILES string of the molecule is Cc1ccc(F)c(C(NN)c2cnnn2C)c1. The molecule has 2 rings (SSSR count).